The topological polar surface area (TPSA) is 66.9 Å². The first-order valence-corrected chi connectivity index (χ1v) is 5.43. The maximum Gasteiger partial charge on any atom is 0.282 e. The monoisotopic (exact) mass is 212 g/mol. The lowest BCUT2D eigenvalue weighted by Crippen LogP contribution is -2.39. The zero-order chi connectivity index (χ0) is 9.97. The van der Waals surface area contributed by atoms with Crippen LogP contribution in [0.4, 0.5) is 5.13 Å². The Morgan fingerprint density at radius 1 is 1.50 bits per heavy atom. The third kappa shape index (κ3) is 1.84. The molecule has 0 unspecified atom stereocenters. The first kappa shape index (κ1) is 9.39. The zero-order valence-electron chi connectivity index (χ0n) is 7.91. The second kappa shape index (κ2) is 3.91. The van der Waals surface area contributed by atoms with Crippen molar-refractivity contribution in [3.8, 4) is 0 Å². The van der Waals surface area contributed by atoms with E-state index in [9.17, 15) is 4.79 Å². The van der Waals surface area contributed by atoms with E-state index in [2.05, 4.69) is 20.8 Å². The molecular formula is C8H12N4OS. The van der Waals surface area contributed by atoms with Crippen LogP contribution in [0.3, 0.4) is 0 Å². The van der Waals surface area contributed by atoms with Gasteiger partial charge >= 0.3 is 0 Å². The van der Waals surface area contributed by atoms with Gasteiger partial charge in [0.1, 0.15) is 0 Å². The predicted molar refractivity (Wildman–Crippen MR) is 54.6 cm³/mol. The van der Waals surface area contributed by atoms with Crippen molar-refractivity contribution in [1.82, 2.24) is 15.5 Å². The highest BCUT2D eigenvalue weighted by atomic mass is 32.1. The van der Waals surface area contributed by atoms with Crippen LogP contribution in [0.5, 0.6) is 0 Å². The highest BCUT2D eigenvalue weighted by Gasteiger charge is 2.21. The van der Waals surface area contributed by atoms with E-state index in [4.69, 9.17) is 0 Å². The summed E-state index contributed by atoms with van der Waals surface area (Å²) >= 11 is 1.27. The van der Waals surface area contributed by atoms with E-state index in [1.807, 2.05) is 0 Å². The molecule has 0 saturated heterocycles. The first-order valence-electron chi connectivity index (χ1n) is 4.61. The van der Waals surface area contributed by atoms with Crippen LogP contribution in [0, 0.1) is 0 Å². The number of nitrogens with zero attached hydrogens (tertiary/aromatic N) is 2. The number of anilines is 1. The van der Waals surface area contributed by atoms with Crippen molar-refractivity contribution in [2.75, 3.05) is 12.4 Å². The van der Waals surface area contributed by atoms with Gasteiger partial charge in [-0.1, -0.05) is 11.3 Å². The van der Waals surface area contributed by atoms with Crippen molar-refractivity contribution < 1.29 is 4.79 Å². The molecule has 1 aromatic rings. The Bertz CT molecular complexity index is 334. The molecule has 2 rings (SSSR count). The van der Waals surface area contributed by atoms with Gasteiger partial charge in [0.15, 0.2) is 0 Å². The van der Waals surface area contributed by atoms with E-state index >= 15 is 0 Å². The molecule has 1 fully saturated rings. The molecule has 0 radical (unpaired) electrons. The van der Waals surface area contributed by atoms with Crippen molar-refractivity contribution in [2.24, 2.45) is 0 Å². The number of carbonyl (C=O) groups is 1. The molecule has 14 heavy (non-hydrogen) atoms. The first-order chi connectivity index (χ1) is 6.79. The third-order valence-electron chi connectivity index (χ3n) is 2.27. The van der Waals surface area contributed by atoms with Gasteiger partial charge in [0.25, 0.3) is 5.91 Å². The summed E-state index contributed by atoms with van der Waals surface area (Å²) in [6, 6.07) is 0.351. The molecular weight excluding hydrogens is 200 g/mol. The molecule has 6 heteroatoms. The quantitative estimate of drug-likeness (QED) is 0.780. The van der Waals surface area contributed by atoms with E-state index in [1.54, 1.807) is 7.05 Å². The molecule has 1 amide bonds. The number of hydrogen-bond donors (Lipinski definition) is 2. The fourth-order valence-electron chi connectivity index (χ4n) is 1.22. The Morgan fingerprint density at radius 2 is 2.29 bits per heavy atom. The maximum absolute atomic E-state index is 11.5. The average molecular weight is 212 g/mol. The fraction of sp³-hybridized carbons (Fsp3) is 0.625. The van der Waals surface area contributed by atoms with E-state index in [0.717, 1.165) is 12.8 Å². The molecule has 1 aliphatic carbocycles. The second-order valence-electron chi connectivity index (χ2n) is 3.26. The van der Waals surface area contributed by atoms with Gasteiger partial charge in [0.2, 0.25) is 10.1 Å². The molecule has 2 N–H and O–H groups in total. The normalized spacial score (nSPS) is 16.1. The number of aromatic nitrogens is 2. The van der Waals surface area contributed by atoms with Crippen molar-refractivity contribution in [2.45, 2.75) is 25.3 Å². The summed E-state index contributed by atoms with van der Waals surface area (Å²) in [4.78, 5) is 11.5. The molecule has 76 valence electrons. The van der Waals surface area contributed by atoms with Crippen molar-refractivity contribution >= 4 is 22.4 Å². The molecule has 0 spiro atoms. The summed E-state index contributed by atoms with van der Waals surface area (Å²) in [6.45, 7) is 0. The molecule has 0 aromatic carbocycles. The van der Waals surface area contributed by atoms with Gasteiger partial charge in [-0.25, -0.2) is 0 Å². The fourth-order valence-corrected chi connectivity index (χ4v) is 1.82. The standard InChI is InChI=1S/C8H12N4OS/c1-9-8-12-11-7(14-8)6(13)10-5-3-2-4-5/h5H,2-4H2,1H3,(H,9,12)(H,10,13). The highest BCUT2D eigenvalue weighted by molar-refractivity contribution is 7.17. The molecule has 1 aliphatic rings. The summed E-state index contributed by atoms with van der Waals surface area (Å²) in [5, 5.41) is 14.5. The lowest BCUT2D eigenvalue weighted by atomic mass is 9.93. The van der Waals surface area contributed by atoms with E-state index < -0.39 is 0 Å². The van der Waals surface area contributed by atoms with E-state index in [-0.39, 0.29) is 5.91 Å². The van der Waals surface area contributed by atoms with Crippen LogP contribution in [0.25, 0.3) is 0 Å². The summed E-state index contributed by atoms with van der Waals surface area (Å²) in [7, 11) is 1.76. The van der Waals surface area contributed by atoms with Gasteiger partial charge in [-0.2, -0.15) is 0 Å². The Balaban J connectivity index is 1.95. The highest BCUT2D eigenvalue weighted by Crippen LogP contribution is 2.20. The van der Waals surface area contributed by atoms with Crippen LogP contribution < -0.4 is 10.6 Å². The number of amides is 1. The maximum atomic E-state index is 11.5. The number of nitrogens with one attached hydrogen (secondary N) is 2. The van der Waals surface area contributed by atoms with Gasteiger partial charge in [0, 0.05) is 13.1 Å². The Hall–Kier alpha value is -1.17. The average Bonchev–Trinajstić information content (AvgIpc) is 2.59. The lowest BCUT2D eigenvalue weighted by Gasteiger charge is -2.25. The minimum Gasteiger partial charge on any atom is -0.363 e. The summed E-state index contributed by atoms with van der Waals surface area (Å²) in [5.41, 5.74) is 0. The third-order valence-corrected chi connectivity index (χ3v) is 3.21. The largest absolute Gasteiger partial charge is 0.363 e. The zero-order valence-corrected chi connectivity index (χ0v) is 8.73. The van der Waals surface area contributed by atoms with Gasteiger partial charge in [0.05, 0.1) is 0 Å². The van der Waals surface area contributed by atoms with Crippen molar-refractivity contribution in [3.05, 3.63) is 5.01 Å². The van der Waals surface area contributed by atoms with Gasteiger partial charge in [-0.3, -0.25) is 4.79 Å². The van der Waals surface area contributed by atoms with Crippen molar-refractivity contribution in [3.63, 3.8) is 0 Å². The molecule has 0 atom stereocenters. The SMILES string of the molecule is CNc1nnc(C(=O)NC2CCC2)s1. The molecule has 1 saturated carbocycles. The smallest absolute Gasteiger partial charge is 0.282 e. The number of hydrogen-bond acceptors (Lipinski definition) is 5. The van der Waals surface area contributed by atoms with Gasteiger partial charge in [-0.15, -0.1) is 10.2 Å². The molecule has 5 nitrogen and oxygen atoms in total. The predicted octanol–water partition coefficient (Wildman–Crippen LogP) is 0.862. The number of carbonyl (C=O) groups excluding carboxylic acids is 1. The van der Waals surface area contributed by atoms with Crippen LogP contribution in [0.2, 0.25) is 0 Å². The van der Waals surface area contributed by atoms with Crippen LogP contribution in [0.15, 0.2) is 0 Å². The molecule has 1 aromatic heterocycles. The minimum absolute atomic E-state index is 0.103. The minimum atomic E-state index is -0.103. The summed E-state index contributed by atoms with van der Waals surface area (Å²) in [6.07, 6.45) is 3.38. The van der Waals surface area contributed by atoms with Crippen molar-refractivity contribution in [1.29, 1.82) is 0 Å². The lowest BCUT2D eigenvalue weighted by molar-refractivity contribution is 0.0916. The van der Waals surface area contributed by atoms with E-state index in [0.29, 0.717) is 16.2 Å². The van der Waals surface area contributed by atoms with Gasteiger partial charge in [-0.05, 0) is 19.3 Å². The molecule has 0 bridgehead atoms. The summed E-state index contributed by atoms with van der Waals surface area (Å²) < 4.78 is 0. The second-order valence-corrected chi connectivity index (χ2v) is 4.24. The van der Waals surface area contributed by atoms with Crippen LogP contribution in [0.1, 0.15) is 29.1 Å². The Morgan fingerprint density at radius 3 is 2.79 bits per heavy atom. The van der Waals surface area contributed by atoms with E-state index in [1.165, 1.54) is 17.8 Å². The van der Waals surface area contributed by atoms with Crippen LogP contribution in [-0.4, -0.2) is 29.2 Å². The molecule has 0 aliphatic heterocycles. The molecule has 1 heterocycles. The van der Waals surface area contributed by atoms with Gasteiger partial charge < -0.3 is 10.6 Å². The summed E-state index contributed by atoms with van der Waals surface area (Å²) in [5.74, 6) is -0.103. The van der Waals surface area contributed by atoms with Crippen LogP contribution >= 0.6 is 11.3 Å². The Kier molecular flexibility index (Phi) is 2.62. The number of rotatable bonds is 3. The van der Waals surface area contributed by atoms with Crippen LogP contribution in [-0.2, 0) is 0 Å². The Labute approximate surface area is 85.9 Å².